The van der Waals surface area contributed by atoms with Gasteiger partial charge in [-0.25, -0.2) is 0 Å². The number of nitrogens with zero attached hydrogens (tertiary/aromatic N) is 3. The number of hydrogen-bond acceptors (Lipinski definition) is 3. The average molecular weight is 464 g/mol. The first-order chi connectivity index (χ1) is 17.6. The molecule has 2 heterocycles. The minimum absolute atomic E-state index is 0.0943. The first-order valence-corrected chi connectivity index (χ1v) is 12.1. The molecular weight excluding hydrogens is 438 g/mol. The normalized spacial score (nSPS) is 13.4. The number of para-hydroxylation sites is 2. The van der Waals surface area contributed by atoms with Gasteiger partial charge in [0.2, 0.25) is 0 Å². The van der Waals surface area contributed by atoms with Crippen LogP contribution in [0.3, 0.4) is 0 Å². The molecule has 4 aromatic carbocycles. The summed E-state index contributed by atoms with van der Waals surface area (Å²) < 4.78 is 0. The number of fused-ring (bicyclic) bond motifs is 2. The monoisotopic (exact) mass is 463 g/mol. The summed E-state index contributed by atoms with van der Waals surface area (Å²) in [7, 11) is 0. The second kappa shape index (κ2) is 8.52. The Morgan fingerprint density at radius 3 is 2.03 bits per heavy atom. The van der Waals surface area contributed by atoms with Crippen LogP contribution in [0.25, 0.3) is 22.3 Å². The summed E-state index contributed by atoms with van der Waals surface area (Å²) in [5.41, 5.74) is 10.7. The first-order valence-electron chi connectivity index (χ1n) is 12.1. The Labute approximate surface area is 211 Å². The molecule has 6 rings (SSSR count). The molecule has 0 amide bonds. The number of hydrogen-bond donors (Lipinski definition) is 0. The topological polar surface area (TPSA) is 39.9 Å². The van der Waals surface area contributed by atoms with Crippen LogP contribution in [0, 0.1) is 11.3 Å². The molecule has 0 atom stereocenters. The highest BCUT2D eigenvalue weighted by Gasteiger charge is 2.36. The zero-order chi connectivity index (χ0) is 24.7. The molecule has 172 valence electrons. The van der Waals surface area contributed by atoms with Gasteiger partial charge in [-0.1, -0.05) is 86.6 Å². The van der Waals surface area contributed by atoms with E-state index in [1.54, 1.807) is 12.4 Å². The third kappa shape index (κ3) is 3.39. The molecule has 3 heteroatoms. The predicted octanol–water partition coefficient (Wildman–Crippen LogP) is 8.40. The standard InChI is InChI=1S/C33H25N3/c1-33(2)29-14-5-7-16-31(29)36(32-17-8-6-15-30(32)33)25-11-9-10-23(20-25)26-12-3-4-13-28(26)27-18-19-35-22-24(27)21-34/h3-20,22H,1-2H3. The van der Waals surface area contributed by atoms with Crippen LogP contribution in [-0.4, -0.2) is 4.98 Å². The second-order valence-electron chi connectivity index (χ2n) is 9.62. The fourth-order valence-electron chi connectivity index (χ4n) is 5.45. The Bertz CT molecular complexity index is 1590. The van der Waals surface area contributed by atoms with Crippen molar-refractivity contribution in [2.75, 3.05) is 4.90 Å². The quantitative estimate of drug-likeness (QED) is 0.270. The number of anilines is 3. The van der Waals surface area contributed by atoms with Gasteiger partial charge in [-0.15, -0.1) is 0 Å². The van der Waals surface area contributed by atoms with Gasteiger partial charge in [-0.05, 0) is 58.1 Å². The molecule has 3 nitrogen and oxygen atoms in total. The molecule has 0 spiro atoms. The minimum Gasteiger partial charge on any atom is -0.310 e. The highest BCUT2D eigenvalue weighted by Crippen LogP contribution is 2.52. The highest BCUT2D eigenvalue weighted by atomic mass is 15.2. The molecule has 1 aliphatic rings. The van der Waals surface area contributed by atoms with Crippen molar-refractivity contribution in [1.82, 2.24) is 4.98 Å². The van der Waals surface area contributed by atoms with Crippen molar-refractivity contribution < 1.29 is 0 Å². The van der Waals surface area contributed by atoms with Gasteiger partial charge in [0, 0.05) is 29.1 Å². The number of benzene rings is 4. The van der Waals surface area contributed by atoms with E-state index in [1.165, 1.54) is 22.5 Å². The van der Waals surface area contributed by atoms with Gasteiger partial charge in [0.25, 0.3) is 0 Å². The SMILES string of the molecule is CC1(C)c2ccccc2N(c2cccc(-c3ccccc3-c3ccncc3C#N)c2)c2ccccc21. The lowest BCUT2D eigenvalue weighted by molar-refractivity contribution is 0.632. The fraction of sp³-hybridized carbons (Fsp3) is 0.0909. The molecule has 0 N–H and O–H groups in total. The molecular formula is C33H25N3. The second-order valence-corrected chi connectivity index (χ2v) is 9.62. The summed E-state index contributed by atoms with van der Waals surface area (Å²) >= 11 is 0. The lowest BCUT2D eigenvalue weighted by Gasteiger charge is -2.42. The molecule has 0 aliphatic carbocycles. The Balaban J connectivity index is 1.54. The van der Waals surface area contributed by atoms with Gasteiger partial charge < -0.3 is 4.90 Å². The van der Waals surface area contributed by atoms with E-state index in [2.05, 4.69) is 115 Å². The van der Waals surface area contributed by atoms with E-state index >= 15 is 0 Å². The van der Waals surface area contributed by atoms with Gasteiger partial charge in [0.15, 0.2) is 0 Å². The van der Waals surface area contributed by atoms with Gasteiger partial charge >= 0.3 is 0 Å². The van der Waals surface area contributed by atoms with Crippen LogP contribution in [0.2, 0.25) is 0 Å². The summed E-state index contributed by atoms with van der Waals surface area (Å²) in [4.78, 5) is 6.51. The van der Waals surface area contributed by atoms with E-state index in [0.29, 0.717) is 5.56 Å². The van der Waals surface area contributed by atoms with Gasteiger partial charge in [0.05, 0.1) is 16.9 Å². The smallest absolute Gasteiger partial charge is 0.101 e. The van der Waals surface area contributed by atoms with Crippen molar-refractivity contribution in [3.8, 4) is 28.3 Å². The predicted molar refractivity (Wildman–Crippen MR) is 147 cm³/mol. The molecule has 0 bridgehead atoms. The third-order valence-corrected chi connectivity index (χ3v) is 7.21. The number of pyridine rings is 1. The lowest BCUT2D eigenvalue weighted by atomic mass is 9.73. The molecule has 0 saturated heterocycles. The summed E-state index contributed by atoms with van der Waals surface area (Å²) in [6.45, 7) is 4.60. The van der Waals surface area contributed by atoms with Crippen LogP contribution in [0.5, 0.6) is 0 Å². The molecule has 36 heavy (non-hydrogen) atoms. The lowest BCUT2D eigenvalue weighted by Crippen LogP contribution is -2.30. The van der Waals surface area contributed by atoms with Crippen molar-refractivity contribution in [3.05, 3.63) is 132 Å². The molecule has 1 aromatic heterocycles. The van der Waals surface area contributed by atoms with Gasteiger partial charge in [0.1, 0.15) is 6.07 Å². The van der Waals surface area contributed by atoms with E-state index in [-0.39, 0.29) is 5.41 Å². The summed E-state index contributed by atoms with van der Waals surface area (Å²) in [6.07, 6.45) is 3.37. The highest BCUT2D eigenvalue weighted by molar-refractivity contribution is 5.90. The summed E-state index contributed by atoms with van der Waals surface area (Å²) in [6, 6.07) is 38.5. The van der Waals surface area contributed by atoms with E-state index in [0.717, 1.165) is 27.9 Å². The minimum atomic E-state index is -0.0943. The molecule has 0 unspecified atom stereocenters. The van der Waals surface area contributed by atoms with Crippen LogP contribution >= 0.6 is 0 Å². The largest absolute Gasteiger partial charge is 0.310 e. The van der Waals surface area contributed by atoms with Crippen LogP contribution in [0.1, 0.15) is 30.5 Å². The molecule has 1 aliphatic heterocycles. The number of nitriles is 1. The first kappa shape index (κ1) is 21.8. The van der Waals surface area contributed by atoms with Crippen LogP contribution in [-0.2, 0) is 5.41 Å². The zero-order valence-corrected chi connectivity index (χ0v) is 20.3. The molecule has 0 radical (unpaired) electrons. The Morgan fingerprint density at radius 1 is 0.694 bits per heavy atom. The third-order valence-electron chi connectivity index (χ3n) is 7.21. The van der Waals surface area contributed by atoms with E-state index in [9.17, 15) is 5.26 Å². The van der Waals surface area contributed by atoms with Crippen molar-refractivity contribution in [2.24, 2.45) is 0 Å². The molecule has 0 fully saturated rings. The van der Waals surface area contributed by atoms with Gasteiger partial charge in [-0.3, -0.25) is 4.98 Å². The Morgan fingerprint density at radius 2 is 1.33 bits per heavy atom. The summed E-state index contributed by atoms with van der Waals surface area (Å²) in [5, 5.41) is 9.69. The van der Waals surface area contributed by atoms with E-state index in [4.69, 9.17) is 0 Å². The number of rotatable bonds is 3. The van der Waals surface area contributed by atoms with Crippen LogP contribution in [0.15, 0.2) is 116 Å². The zero-order valence-electron chi connectivity index (χ0n) is 20.3. The van der Waals surface area contributed by atoms with Crippen molar-refractivity contribution in [2.45, 2.75) is 19.3 Å². The fourth-order valence-corrected chi connectivity index (χ4v) is 5.45. The van der Waals surface area contributed by atoms with Crippen LogP contribution < -0.4 is 4.90 Å². The van der Waals surface area contributed by atoms with Gasteiger partial charge in [-0.2, -0.15) is 5.26 Å². The van der Waals surface area contributed by atoms with E-state index in [1.807, 2.05) is 18.2 Å². The van der Waals surface area contributed by atoms with Crippen molar-refractivity contribution in [3.63, 3.8) is 0 Å². The maximum Gasteiger partial charge on any atom is 0.101 e. The van der Waals surface area contributed by atoms with Crippen molar-refractivity contribution >= 4 is 17.1 Å². The number of aromatic nitrogens is 1. The average Bonchev–Trinajstić information content (AvgIpc) is 2.93. The van der Waals surface area contributed by atoms with Crippen molar-refractivity contribution in [1.29, 1.82) is 5.26 Å². The maximum absolute atomic E-state index is 9.69. The van der Waals surface area contributed by atoms with E-state index < -0.39 is 0 Å². The Kier molecular flexibility index (Phi) is 5.16. The van der Waals surface area contributed by atoms with Crippen LogP contribution in [0.4, 0.5) is 17.1 Å². The summed E-state index contributed by atoms with van der Waals surface area (Å²) in [5.74, 6) is 0. The Hall–Kier alpha value is -4.68. The maximum atomic E-state index is 9.69. The molecule has 0 saturated carbocycles. The molecule has 5 aromatic rings.